The molecule has 0 heterocycles. The second-order valence-electron chi connectivity index (χ2n) is 1.59. The fourth-order valence-corrected chi connectivity index (χ4v) is 0.336. The van der Waals surface area contributed by atoms with E-state index in [9.17, 15) is 5.21 Å². The van der Waals surface area contributed by atoms with E-state index in [1.165, 1.54) is 7.11 Å². The number of unbranched alkanes of at least 4 members (excludes halogenated alkanes) is 1. The van der Waals surface area contributed by atoms with Crippen LogP contribution in [0.1, 0.15) is 19.8 Å². The SMILES string of the molecule is CCCCON([O-])OC. The van der Waals surface area contributed by atoms with E-state index in [0.717, 1.165) is 12.8 Å². The van der Waals surface area contributed by atoms with Gasteiger partial charge in [-0.15, -0.1) is 5.39 Å². The van der Waals surface area contributed by atoms with Crippen molar-refractivity contribution in [3.05, 3.63) is 5.21 Å². The van der Waals surface area contributed by atoms with Crippen molar-refractivity contribution < 1.29 is 9.68 Å². The van der Waals surface area contributed by atoms with Crippen LogP contribution in [0, 0.1) is 5.21 Å². The zero-order valence-electron chi connectivity index (χ0n) is 5.79. The van der Waals surface area contributed by atoms with Gasteiger partial charge in [0.2, 0.25) is 0 Å². The van der Waals surface area contributed by atoms with Gasteiger partial charge < -0.3 is 5.21 Å². The maximum atomic E-state index is 10.2. The highest BCUT2D eigenvalue weighted by atomic mass is 17.1. The average molecular weight is 134 g/mol. The zero-order chi connectivity index (χ0) is 7.11. The Hall–Kier alpha value is -0.160. The predicted molar refractivity (Wildman–Crippen MR) is 33.1 cm³/mol. The highest BCUT2D eigenvalue weighted by molar-refractivity contribution is 4.28. The molecule has 4 nitrogen and oxygen atoms in total. The highest BCUT2D eigenvalue weighted by Crippen LogP contribution is 1.91. The third kappa shape index (κ3) is 5.72. The van der Waals surface area contributed by atoms with Crippen LogP contribution in [0.25, 0.3) is 0 Å². The summed E-state index contributed by atoms with van der Waals surface area (Å²) in [5.74, 6) is 0. The molecule has 0 aliphatic carbocycles. The standard InChI is InChI=1S/C5H12NO3/c1-3-4-5-9-6(7)8-2/h3-5H2,1-2H3/q-1. The minimum Gasteiger partial charge on any atom is -0.738 e. The van der Waals surface area contributed by atoms with Crippen molar-refractivity contribution in [2.24, 2.45) is 0 Å². The Labute approximate surface area is 54.8 Å². The van der Waals surface area contributed by atoms with Gasteiger partial charge in [0.25, 0.3) is 0 Å². The second kappa shape index (κ2) is 5.97. The molecule has 0 amide bonds. The Morgan fingerprint density at radius 3 is 2.67 bits per heavy atom. The lowest BCUT2D eigenvalue weighted by molar-refractivity contribution is -0.322. The minimum absolute atomic E-state index is 0.107. The number of hydrogen-bond donors (Lipinski definition) is 0. The van der Waals surface area contributed by atoms with Gasteiger partial charge in [-0.05, 0) is 6.42 Å². The Balaban J connectivity index is 2.88. The first-order valence-corrected chi connectivity index (χ1v) is 2.95. The molecule has 56 valence electrons. The van der Waals surface area contributed by atoms with Crippen LogP contribution < -0.4 is 0 Å². The molecule has 4 heteroatoms. The summed E-state index contributed by atoms with van der Waals surface area (Å²) in [5.41, 5.74) is 0. The maximum Gasteiger partial charge on any atom is 0.0700 e. The van der Waals surface area contributed by atoms with Crippen LogP contribution in [-0.2, 0) is 9.68 Å². The lowest BCUT2D eigenvalue weighted by Gasteiger charge is -2.22. The molecule has 0 aromatic rings. The summed E-state index contributed by atoms with van der Waals surface area (Å²) in [4.78, 5) is 8.64. The maximum absolute atomic E-state index is 10.2. The molecule has 0 unspecified atom stereocenters. The molecule has 0 radical (unpaired) electrons. The van der Waals surface area contributed by atoms with Crippen molar-refractivity contribution in [2.75, 3.05) is 13.7 Å². The lowest BCUT2D eigenvalue weighted by Crippen LogP contribution is -2.15. The molecule has 0 N–H and O–H groups in total. The van der Waals surface area contributed by atoms with Crippen LogP contribution in [0.5, 0.6) is 0 Å². The van der Waals surface area contributed by atoms with Crippen LogP contribution >= 0.6 is 0 Å². The molecular weight excluding hydrogens is 122 g/mol. The molecule has 0 saturated heterocycles. The molecule has 0 rings (SSSR count). The number of rotatable bonds is 5. The van der Waals surface area contributed by atoms with Gasteiger partial charge >= 0.3 is 0 Å². The molecular formula is C5H12NO3-. The van der Waals surface area contributed by atoms with E-state index in [-0.39, 0.29) is 5.39 Å². The summed E-state index contributed by atoms with van der Waals surface area (Å²) in [7, 11) is 1.26. The summed E-state index contributed by atoms with van der Waals surface area (Å²) in [6.45, 7) is 2.44. The predicted octanol–water partition coefficient (Wildman–Crippen LogP) is 1.08. The Morgan fingerprint density at radius 1 is 1.56 bits per heavy atom. The van der Waals surface area contributed by atoms with E-state index in [0.29, 0.717) is 6.61 Å². The van der Waals surface area contributed by atoms with E-state index >= 15 is 0 Å². The molecule has 0 bridgehead atoms. The largest absolute Gasteiger partial charge is 0.738 e. The summed E-state index contributed by atoms with van der Waals surface area (Å²) in [5, 5.41) is 10.3. The molecule has 0 aromatic heterocycles. The first-order chi connectivity index (χ1) is 4.31. The van der Waals surface area contributed by atoms with E-state index in [1.807, 2.05) is 6.92 Å². The molecule has 0 aliphatic rings. The summed E-state index contributed by atoms with van der Waals surface area (Å²) in [6.07, 6.45) is 1.89. The van der Waals surface area contributed by atoms with Crippen LogP contribution in [-0.4, -0.2) is 19.1 Å². The van der Waals surface area contributed by atoms with Gasteiger partial charge in [0, 0.05) is 0 Å². The van der Waals surface area contributed by atoms with Gasteiger partial charge in [0.15, 0.2) is 0 Å². The smallest absolute Gasteiger partial charge is 0.0700 e. The van der Waals surface area contributed by atoms with Crippen molar-refractivity contribution >= 4 is 0 Å². The van der Waals surface area contributed by atoms with Gasteiger partial charge in [-0.3, -0.25) is 9.68 Å². The van der Waals surface area contributed by atoms with E-state index in [4.69, 9.17) is 0 Å². The van der Waals surface area contributed by atoms with E-state index in [1.54, 1.807) is 0 Å². The molecule has 0 aliphatic heterocycles. The third-order valence-corrected chi connectivity index (χ3v) is 0.844. The molecule has 0 saturated carbocycles. The summed E-state index contributed by atoms with van der Waals surface area (Å²) >= 11 is 0. The molecule has 0 aromatic carbocycles. The molecule has 0 atom stereocenters. The van der Waals surface area contributed by atoms with Gasteiger partial charge in [-0.25, -0.2) is 0 Å². The second-order valence-corrected chi connectivity index (χ2v) is 1.59. The van der Waals surface area contributed by atoms with E-state index in [2.05, 4.69) is 9.68 Å². The number of nitrogens with zero attached hydrogens (tertiary/aromatic N) is 1. The van der Waals surface area contributed by atoms with Crippen LogP contribution in [0.4, 0.5) is 0 Å². The first-order valence-electron chi connectivity index (χ1n) is 2.95. The average Bonchev–Trinajstić information content (AvgIpc) is 1.89. The lowest BCUT2D eigenvalue weighted by atomic mass is 10.4. The monoisotopic (exact) mass is 134 g/mol. The minimum atomic E-state index is 0.107. The molecule has 0 fully saturated rings. The fraction of sp³-hybridized carbons (Fsp3) is 1.00. The van der Waals surface area contributed by atoms with Gasteiger partial charge in [0.05, 0.1) is 13.7 Å². The zero-order valence-corrected chi connectivity index (χ0v) is 5.79. The van der Waals surface area contributed by atoms with Crippen LogP contribution in [0.3, 0.4) is 0 Å². The summed E-state index contributed by atoms with van der Waals surface area (Å²) in [6, 6.07) is 0. The van der Waals surface area contributed by atoms with Crippen LogP contribution in [0.2, 0.25) is 0 Å². The van der Waals surface area contributed by atoms with Gasteiger partial charge in [0.1, 0.15) is 0 Å². The fourth-order valence-electron chi connectivity index (χ4n) is 0.336. The summed E-state index contributed by atoms with van der Waals surface area (Å²) < 4.78 is 0. The van der Waals surface area contributed by atoms with Crippen molar-refractivity contribution in [3.63, 3.8) is 0 Å². The Bertz CT molecular complexity index is 60.2. The van der Waals surface area contributed by atoms with E-state index < -0.39 is 0 Å². The van der Waals surface area contributed by atoms with Gasteiger partial charge in [-0.2, -0.15) is 0 Å². The highest BCUT2D eigenvalue weighted by Gasteiger charge is 1.85. The first kappa shape index (κ1) is 8.84. The normalized spacial score (nSPS) is 10.7. The Morgan fingerprint density at radius 2 is 2.22 bits per heavy atom. The van der Waals surface area contributed by atoms with Gasteiger partial charge in [-0.1, -0.05) is 13.3 Å². The topological polar surface area (TPSA) is 44.8 Å². The van der Waals surface area contributed by atoms with Crippen molar-refractivity contribution in [3.8, 4) is 0 Å². The molecule has 0 spiro atoms. The number of hydrogen-bond acceptors (Lipinski definition) is 4. The van der Waals surface area contributed by atoms with Crippen molar-refractivity contribution in [1.29, 1.82) is 0 Å². The third-order valence-electron chi connectivity index (χ3n) is 0.844. The molecule has 9 heavy (non-hydrogen) atoms. The van der Waals surface area contributed by atoms with Crippen LogP contribution in [0.15, 0.2) is 0 Å². The van der Waals surface area contributed by atoms with Crippen molar-refractivity contribution in [2.45, 2.75) is 19.8 Å². The van der Waals surface area contributed by atoms with Crippen molar-refractivity contribution in [1.82, 2.24) is 5.39 Å². The quantitative estimate of drug-likeness (QED) is 0.417. The Kier molecular flexibility index (Phi) is 5.86.